The number of amides is 2. The average Bonchev–Trinajstić information content (AvgIpc) is 3.13. The first kappa shape index (κ1) is 18.5. The predicted octanol–water partition coefficient (Wildman–Crippen LogP) is 1.73. The van der Waals surface area contributed by atoms with Crippen LogP contribution in [0.25, 0.3) is 0 Å². The summed E-state index contributed by atoms with van der Waals surface area (Å²) in [4.78, 5) is 46.4. The number of pyridine rings is 2. The molecule has 3 heterocycles. The first-order valence-electron chi connectivity index (χ1n) is 8.21. The molecule has 0 aliphatic heterocycles. The lowest BCUT2D eigenvalue weighted by molar-refractivity contribution is -0.121. The molecule has 9 heteroatoms. The van der Waals surface area contributed by atoms with Crippen molar-refractivity contribution in [2.75, 3.05) is 5.32 Å². The lowest BCUT2D eigenvalue weighted by atomic mass is 10.2. The van der Waals surface area contributed by atoms with Crippen LogP contribution in [0.5, 0.6) is 0 Å². The SMILES string of the molecule is O=C(CCc1csc(NC(=O)c2ccc[nH]c2=O)n1)NCc1cccnc1. The number of nitrogens with one attached hydrogen (secondary N) is 3. The van der Waals surface area contributed by atoms with Gasteiger partial charge in [0.2, 0.25) is 5.91 Å². The largest absolute Gasteiger partial charge is 0.352 e. The highest BCUT2D eigenvalue weighted by Gasteiger charge is 2.12. The van der Waals surface area contributed by atoms with Gasteiger partial charge in [-0.3, -0.25) is 24.7 Å². The van der Waals surface area contributed by atoms with Crippen molar-refractivity contribution in [1.82, 2.24) is 20.3 Å². The van der Waals surface area contributed by atoms with E-state index in [1.807, 2.05) is 12.1 Å². The Hall–Kier alpha value is -3.33. The average molecular weight is 383 g/mol. The normalized spacial score (nSPS) is 10.4. The van der Waals surface area contributed by atoms with Crippen LogP contribution < -0.4 is 16.2 Å². The monoisotopic (exact) mass is 383 g/mol. The molecule has 0 aliphatic carbocycles. The van der Waals surface area contributed by atoms with Gasteiger partial charge in [0, 0.05) is 36.9 Å². The van der Waals surface area contributed by atoms with E-state index in [4.69, 9.17) is 0 Å². The van der Waals surface area contributed by atoms with Crippen molar-refractivity contribution in [2.45, 2.75) is 19.4 Å². The van der Waals surface area contributed by atoms with Gasteiger partial charge >= 0.3 is 0 Å². The Morgan fingerprint density at radius 1 is 1.22 bits per heavy atom. The maximum Gasteiger partial charge on any atom is 0.263 e. The molecule has 0 aliphatic rings. The molecule has 3 aromatic heterocycles. The minimum Gasteiger partial charge on any atom is -0.352 e. The zero-order chi connectivity index (χ0) is 19.1. The number of aromatic amines is 1. The number of carbonyl (C=O) groups excluding carboxylic acids is 2. The third kappa shape index (κ3) is 5.32. The van der Waals surface area contributed by atoms with Crippen molar-refractivity contribution in [3.05, 3.63) is 75.4 Å². The molecule has 0 bridgehead atoms. The van der Waals surface area contributed by atoms with Gasteiger partial charge in [0.05, 0.1) is 5.69 Å². The Kier molecular flexibility index (Phi) is 6.06. The van der Waals surface area contributed by atoms with Gasteiger partial charge in [-0.05, 0) is 30.2 Å². The molecular weight excluding hydrogens is 366 g/mol. The molecule has 0 radical (unpaired) electrons. The molecular formula is C18H17N5O3S. The number of anilines is 1. The van der Waals surface area contributed by atoms with E-state index in [0.717, 1.165) is 5.56 Å². The number of rotatable bonds is 7. The molecule has 0 spiro atoms. The first-order valence-corrected chi connectivity index (χ1v) is 9.09. The van der Waals surface area contributed by atoms with Crippen molar-refractivity contribution in [2.24, 2.45) is 0 Å². The molecule has 0 saturated heterocycles. The number of nitrogens with zero attached hydrogens (tertiary/aromatic N) is 2. The van der Waals surface area contributed by atoms with Crippen LogP contribution in [0.1, 0.15) is 28.0 Å². The molecule has 3 rings (SSSR count). The number of hydrogen-bond donors (Lipinski definition) is 3. The van der Waals surface area contributed by atoms with Gasteiger partial charge in [-0.1, -0.05) is 6.07 Å². The summed E-state index contributed by atoms with van der Waals surface area (Å²) in [6.07, 6.45) is 5.58. The van der Waals surface area contributed by atoms with Crippen molar-refractivity contribution in [1.29, 1.82) is 0 Å². The van der Waals surface area contributed by atoms with Crippen LogP contribution in [0.4, 0.5) is 5.13 Å². The maximum absolute atomic E-state index is 12.1. The molecule has 0 saturated carbocycles. The summed E-state index contributed by atoms with van der Waals surface area (Å²) in [5.74, 6) is -0.611. The zero-order valence-electron chi connectivity index (χ0n) is 14.3. The van der Waals surface area contributed by atoms with E-state index >= 15 is 0 Å². The summed E-state index contributed by atoms with van der Waals surface area (Å²) in [6.45, 7) is 0.427. The van der Waals surface area contributed by atoms with Crippen LogP contribution in [-0.2, 0) is 17.8 Å². The number of aryl methyl sites for hydroxylation is 1. The van der Waals surface area contributed by atoms with Gasteiger partial charge < -0.3 is 10.3 Å². The van der Waals surface area contributed by atoms with E-state index in [0.29, 0.717) is 23.8 Å². The second-order valence-corrected chi connectivity index (χ2v) is 6.51. The van der Waals surface area contributed by atoms with Gasteiger partial charge in [0.25, 0.3) is 11.5 Å². The Balaban J connectivity index is 1.48. The Morgan fingerprint density at radius 3 is 2.89 bits per heavy atom. The summed E-state index contributed by atoms with van der Waals surface area (Å²) >= 11 is 1.25. The number of aromatic nitrogens is 3. The standard InChI is InChI=1S/C18H17N5O3S/c24-15(21-10-12-3-1-7-19-9-12)6-5-13-11-27-18(22-13)23-17(26)14-4-2-8-20-16(14)25/h1-4,7-9,11H,5-6,10H2,(H,20,25)(H,21,24)(H,22,23,26). The van der Waals surface area contributed by atoms with Crippen LogP contribution in [-0.4, -0.2) is 26.8 Å². The highest BCUT2D eigenvalue weighted by molar-refractivity contribution is 7.14. The lowest BCUT2D eigenvalue weighted by Gasteiger charge is -2.04. The molecule has 0 unspecified atom stereocenters. The Labute approximate surface area is 158 Å². The first-order chi connectivity index (χ1) is 13.1. The molecule has 2 amide bonds. The molecule has 0 fully saturated rings. The second-order valence-electron chi connectivity index (χ2n) is 5.65. The fraction of sp³-hybridized carbons (Fsp3) is 0.167. The fourth-order valence-electron chi connectivity index (χ4n) is 2.28. The van der Waals surface area contributed by atoms with E-state index in [1.165, 1.54) is 23.6 Å². The highest BCUT2D eigenvalue weighted by Crippen LogP contribution is 2.17. The third-order valence-corrected chi connectivity index (χ3v) is 4.46. The molecule has 0 atom stereocenters. The van der Waals surface area contributed by atoms with Crippen molar-refractivity contribution in [3.63, 3.8) is 0 Å². The molecule has 3 aromatic rings. The minimum absolute atomic E-state index is 0.0176. The van der Waals surface area contributed by atoms with E-state index in [-0.39, 0.29) is 17.9 Å². The van der Waals surface area contributed by atoms with Crippen molar-refractivity contribution < 1.29 is 9.59 Å². The summed E-state index contributed by atoms with van der Waals surface area (Å²) in [5, 5.41) is 7.58. The summed E-state index contributed by atoms with van der Waals surface area (Å²) in [6, 6.07) is 6.72. The van der Waals surface area contributed by atoms with Gasteiger partial charge in [0.1, 0.15) is 5.56 Å². The third-order valence-electron chi connectivity index (χ3n) is 3.66. The Bertz CT molecular complexity index is 984. The summed E-state index contributed by atoms with van der Waals surface area (Å²) in [5.41, 5.74) is 1.19. The Morgan fingerprint density at radius 2 is 2.11 bits per heavy atom. The van der Waals surface area contributed by atoms with Crippen LogP contribution in [0.3, 0.4) is 0 Å². The lowest BCUT2D eigenvalue weighted by Crippen LogP contribution is -2.23. The van der Waals surface area contributed by atoms with Crippen LogP contribution in [0, 0.1) is 0 Å². The molecule has 0 aromatic carbocycles. The van der Waals surface area contributed by atoms with Crippen molar-refractivity contribution >= 4 is 28.3 Å². The quantitative estimate of drug-likeness (QED) is 0.574. The van der Waals surface area contributed by atoms with E-state index < -0.39 is 11.5 Å². The van der Waals surface area contributed by atoms with Crippen LogP contribution in [0.2, 0.25) is 0 Å². The van der Waals surface area contributed by atoms with Crippen molar-refractivity contribution in [3.8, 4) is 0 Å². The summed E-state index contributed by atoms with van der Waals surface area (Å²) in [7, 11) is 0. The second kappa shape index (κ2) is 8.86. The zero-order valence-corrected chi connectivity index (χ0v) is 15.1. The number of hydrogen-bond acceptors (Lipinski definition) is 6. The molecule has 27 heavy (non-hydrogen) atoms. The number of carbonyl (C=O) groups is 2. The topological polar surface area (TPSA) is 117 Å². The van der Waals surface area contributed by atoms with Gasteiger partial charge in [-0.2, -0.15) is 0 Å². The summed E-state index contributed by atoms with van der Waals surface area (Å²) < 4.78 is 0. The number of H-pyrrole nitrogens is 1. The van der Waals surface area contributed by atoms with Gasteiger partial charge in [-0.15, -0.1) is 11.3 Å². The number of thiazole rings is 1. The van der Waals surface area contributed by atoms with E-state index in [9.17, 15) is 14.4 Å². The predicted molar refractivity (Wildman–Crippen MR) is 102 cm³/mol. The fourth-order valence-corrected chi connectivity index (χ4v) is 3.02. The van der Waals surface area contributed by atoms with E-state index in [2.05, 4.69) is 25.6 Å². The maximum atomic E-state index is 12.1. The van der Waals surface area contributed by atoms with Crippen LogP contribution >= 0.6 is 11.3 Å². The smallest absolute Gasteiger partial charge is 0.263 e. The van der Waals surface area contributed by atoms with Crippen LogP contribution in [0.15, 0.2) is 53.0 Å². The highest BCUT2D eigenvalue weighted by atomic mass is 32.1. The van der Waals surface area contributed by atoms with Gasteiger partial charge in [-0.25, -0.2) is 4.98 Å². The van der Waals surface area contributed by atoms with E-state index in [1.54, 1.807) is 23.8 Å². The van der Waals surface area contributed by atoms with Gasteiger partial charge in [0.15, 0.2) is 5.13 Å². The molecule has 3 N–H and O–H groups in total. The molecule has 138 valence electrons. The minimum atomic E-state index is -0.521. The molecule has 8 nitrogen and oxygen atoms in total.